The predicted molar refractivity (Wildman–Crippen MR) is 106 cm³/mol. The first-order valence-electron chi connectivity index (χ1n) is 8.54. The number of ether oxygens (including phenoxy) is 1. The first-order valence-corrected chi connectivity index (χ1v) is 9.42. The van der Waals surface area contributed by atoms with E-state index in [0.29, 0.717) is 22.6 Å². The number of rotatable bonds is 6. The molecule has 0 radical (unpaired) electrons. The monoisotopic (exact) mass is 412 g/mol. The molecule has 0 bridgehead atoms. The van der Waals surface area contributed by atoms with E-state index in [4.69, 9.17) is 4.74 Å². The van der Waals surface area contributed by atoms with Gasteiger partial charge in [-0.05, 0) is 23.1 Å². The minimum Gasteiger partial charge on any atom is -0.502 e. The molecule has 0 aromatic carbocycles. The van der Waals surface area contributed by atoms with Crippen LogP contribution in [0.2, 0.25) is 0 Å². The Hall–Kier alpha value is -3.66. The number of aromatic hydroxyl groups is 1. The Labute approximate surface area is 168 Å². The van der Waals surface area contributed by atoms with Gasteiger partial charge in [0.05, 0.1) is 36.6 Å². The quantitative estimate of drug-likeness (QED) is 0.498. The molecular weight excluding hydrogens is 396 g/mol. The summed E-state index contributed by atoms with van der Waals surface area (Å²) in [5.74, 6) is -1.58. The largest absolute Gasteiger partial charge is 0.502 e. The van der Waals surface area contributed by atoms with Crippen molar-refractivity contribution in [1.29, 1.82) is 0 Å². The van der Waals surface area contributed by atoms with Crippen LogP contribution in [0.15, 0.2) is 47.0 Å². The molecule has 10 heteroatoms. The van der Waals surface area contributed by atoms with Gasteiger partial charge in [0.15, 0.2) is 5.75 Å². The Balaban J connectivity index is 1.66. The second-order valence-electron chi connectivity index (χ2n) is 6.31. The van der Waals surface area contributed by atoms with Gasteiger partial charge in [0.25, 0.3) is 5.56 Å². The molecule has 0 amide bonds. The van der Waals surface area contributed by atoms with Crippen LogP contribution in [0.25, 0.3) is 10.2 Å². The van der Waals surface area contributed by atoms with Crippen LogP contribution in [0.4, 0.5) is 0 Å². The van der Waals surface area contributed by atoms with E-state index in [1.54, 1.807) is 41.8 Å². The Morgan fingerprint density at radius 1 is 1.28 bits per heavy atom. The summed E-state index contributed by atoms with van der Waals surface area (Å²) in [4.78, 5) is 28.1. The second kappa shape index (κ2) is 7.40. The van der Waals surface area contributed by atoms with Gasteiger partial charge in [0.1, 0.15) is 5.56 Å². The average molecular weight is 412 g/mol. The van der Waals surface area contributed by atoms with E-state index < -0.39 is 17.3 Å². The number of carboxylic acids is 1. The predicted octanol–water partition coefficient (Wildman–Crippen LogP) is 2.16. The van der Waals surface area contributed by atoms with Gasteiger partial charge >= 0.3 is 5.97 Å². The first-order chi connectivity index (χ1) is 14.0. The molecule has 0 aliphatic carbocycles. The minimum absolute atomic E-state index is 0.152. The molecule has 0 spiro atoms. The van der Waals surface area contributed by atoms with Crippen LogP contribution >= 0.6 is 11.3 Å². The molecule has 4 aromatic rings. The maximum absolute atomic E-state index is 12.6. The van der Waals surface area contributed by atoms with Gasteiger partial charge in [-0.1, -0.05) is 0 Å². The molecule has 0 aliphatic rings. The van der Waals surface area contributed by atoms with E-state index in [2.05, 4.69) is 10.1 Å². The molecule has 0 atom stereocenters. The van der Waals surface area contributed by atoms with Crippen LogP contribution in [0, 0.1) is 0 Å². The Morgan fingerprint density at radius 3 is 2.86 bits per heavy atom. The lowest BCUT2D eigenvalue weighted by Crippen LogP contribution is -2.22. The topological polar surface area (TPSA) is 119 Å². The van der Waals surface area contributed by atoms with Gasteiger partial charge in [0.2, 0.25) is 5.88 Å². The molecule has 0 aliphatic heterocycles. The number of aromatic nitrogens is 4. The minimum atomic E-state index is -1.33. The summed E-state index contributed by atoms with van der Waals surface area (Å²) in [6, 6.07) is 5.33. The molecule has 2 N–H and O–H groups in total. The SMILES string of the molecule is COc1cc(Cn2cc(Cn3c(=O)c(O)c(C(=O)O)c4sccc43)cn2)ccn1. The number of aromatic carboxylic acids is 1. The highest BCUT2D eigenvalue weighted by atomic mass is 32.1. The summed E-state index contributed by atoms with van der Waals surface area (Å²) in [5.41, 5.74) is 1.04. The fourth-order valence-electron chi connectivity index (χ4n) is 3.11. The summed E-state index contributed by atoms with van der Waals surface area (Å²) < 4.78 is 8.54. The number of carbonyl (C=O) groups is 1. The maximum atomic E-state index is 12.6. The van der Waals surface area contributed by atoms with Crippen molar-refractivity contribution >= 4 is 27.5 Å². The Morgan fingerprint density at radius 2 is 2.10 bits per heavy atom. The fraction of sp³-hybridized carbons (Fsp3) is 0.158. The van der Waals surface area contributed by atoms with Gasteiger partial charge in [-0.15, -0.1) is 11.3 Å². The van der Waals surface area contributed by atoms with Gasteiger partial charge in [-0.2, -0.15) is 5.10 Å². The number of hydrogen-bond donors (Lipinski definition) is 2. The number of fused-ring (bicyclic) bond motifs is 1. The van der Waals surface area contributed by atoms with E-state index in [-0.39, 0.29) is 12.1 Å². The van der Waals surface area contributed by atoms with Gasteiger partial charge < -0.3 is 14.9 Å². The summed E-state index contributed by atoms with van der Waals surface area (Å²) in [7, 11) is 1.55. The molecule has 4 heterocycles. The van der Waals surface area contributed by atoms with Crippen molar-refractivity contribution in [3.8, 4) is 11.6 Å². The zero-order valence-electron chi connectivity index (χ0n) is 15.3. The summed E-state index contributed by atoms with van der Waals surface area (Å²) in [6.45, 7) is 0.643. The number of carboxylic acid groups (broad SMARTS) is 1. The van der Waals surface area contributed by atoms with Gasteiger partial charge in [-0.3, -0.25) is 14.0 Å². The molecule has 4 rings (SSSR count). The van der Waals surface area contributed by atoms with Gasteiger partial charge in [-0.25, -0.2) is 9.78 Å². The summed E-state index contributed by atoms with van der Waals surface area (Å²) >= 11 is 1.16. The van der Waals surface area contributed by atoms with Crippen LogP contribution < -0.4 is 10.3 Å². The van der Waals surface area contributed by atoms with Crippen LogP contribution in [0.5, 0.6) is 11.6 Å². The van der Waals surface area contributed by atoms with E-state index in [9.17, 15) is 19.8 Å². The summed E-state index contributed by atoms with van der Waals surface area (Å²) in [5, 5.41) is 25.5. The standard InChI is InChI=1S/C19H16N4O5S/c1-28-14-6-11(2-4-20-14)8-22-9-12(7-21-22)10-23-13-3-5-29-17(13)15(19(26)27)16(24)18(23)25/h2-7,9,24H,8,10H2,1H3,(H,26,27). The number of pyridine rings is 2. The molecule has 4 aromatic heterocycles. The number of thiophene rings is 1. The molecule has 0 saturated carbocycles. The third-order valence-corrected chi connectivity index (χ3v) is 5.36. The highest BCUT2D eigenvalue weighted by Gasteiger charge is 2.22. The van der Waals surface area contributed by atoms with Crippen molar-refractivity contribution in [2.45, 2.75) is 13.1 Å². The van der Waals surface area contributed by atoms with Crippen LogP contribution in [0.1, 0.15) is 21.5 Å². The van der Waals surface area contributed by atoms with Crippen molar-refractivity contribution in [3.05, 3.63) is 69.2 Å². The highest BCUT2D eigenvalue weighted by Crippen LogP contribution is 2.29. The average Bonchev–Trinajstić information content (AvgIpc) is 3.35. The smallest absolute Gasteiger partial charge is 0.341 e. The van der Waals surface area contributed by atoms with E-state index in [1.807, 2.05) is 12.1 Å². The van der Waals surface area contributed by atoms with Crippen molar-refractivity contribution in [2.24, 2.45) is 0 Å². The van der Waals surface area contributed by atoms with Gasteiger partial charge in [0, 0.05) is 24.0 Å². The zero-order valence-corrected chi connectivity index (χ0v) is 16.1. The van der Waals surface area contributed by atoms with Crippen LogP contribution in [0.3, 0.4) is 0 Å². The highest BCUT2D eigenvalue weighted by molar-refractivity contribution is 7.17. The normalized spacial score (nSPS) is 11.1. The lowest BCUT2D eigenvalue weighted by molar-refractivity contribution is 0.0695. The molecule has 29 heavy (non-hydrogen) atoms. The van der Waals surface area contributed by atoms with Crippen molar-refractivity contribution < 1.29 is 19.7 Å². The fourth-order valence-corrected chi connectivity index (χ4v) is 4.05. The third kappa shape index (κ3) is 3.45. The molecular formula is C19H16N4O5S. The molecule has 148 valence electrons. The summed E-state index contributed by atoms with van der Waals surface area (Å²) in [6.07, 6.45) is 5.07. The zero-order chi connectivity index (χ0) is 20.5. The lowest BCUT2D eigenvalue weighted by Gasteiger charge is -2.10. The second-order valence-corrected chi connectivity index (χ2v) is 7.22. The van der Waals surface area contributed by atoms with E-state index >= 15 is 0 Å². The lowest BCUT2D eigenvalue weighted by atomic mass is 10.2. The molecule has 0 saturated heterocycles. The number of hydrogen-bond acceptors (Lipinski definition) is 7. The van der Waals surface area contributed by atoms with Crippen LogP contribution in [-0.4, -0.2) is 42.6 Å². The Bertz CT molecular complexity index is 1270. The van der Waals surface area contributed by atoms with Crippen LogP contribution in [-0.2, 0) is 13.1 Å². The molecule has 9 nitrogen and oxygen atoms in total. The third-order valence-electron chi connectivity index (χ3n) is 4.44. The van der Waals surface area contributed by atoms with Crippen molar-refractivity contribution in [1.82, 2.24) is 19.3 Å². The molecule has 0 fully saturated rings. The Kier molecular flexibility index (Phi) is 4.77. The van der Waals surface area contributed by atoms with E-state index in [0.717, 1.165) is 22.5 Å². The molecule has 0 unspecified atom stereocenters. The number of nitrogens with zero attached hydrogens (tertiary/aromatic N) is 4. The van der Waals surface area contributed by atoms with Crippen molar-refractivity contribution in [2.75, 3.05) is 7.11 Å². The maximum Gasteiger partial charge on any atom is 0.341 e. The van der Waals surface area contributed by atoms with Crippen molar-refractivity contribution in [3.63, 3.8) is 0 Å². The first kappa shape index (κ1) is 18.7. The van der Waals surface area contributed by atoms with E-state index in [1.165, 1.54) is 4.57 Å². The number of methoxy groups -OCH3 is 1.